The molecule has 3 aliphatic rings. The number of hydrogen-bond donors (Lipinski definition) is 3. The van der Waals surface area contributed by atoms with Gasteiger partial charge >= 0.3 is 6.03 Å². The summed E-state index contributed by atoms with van der Waals surface area (Å²) in [4.78, 5) is 47.0. The van der Waals surface area contributed by atoms with Gasteiger partial charge in [-0.25, -0.2) is 4.79 Å². The van der Waals surface area contributed by atoms with E-state index in [1.165, 1.54) is 12.2 Å². The summed E-state index contributed by atoms with van der Waals surface area (Å²) in [6.45, 7) is 1.21. The Hall–Kier alpha value is -2.07. The van der Waals surface area contributed by atoms with Crippen molar-refractivity contribution in [3.63, 3.8) is 0 Å². The molecule has 0 aromatic rings. The van der Waals surface area contributed by atoms with Gasteiger partial charge in [-0.1, -0.05) is 6.42 Å². The quantitative estimate of drug-likeness (QED) is 0.246. The number of carbonyl (C=O) groups is 4. The van der Waals surface area contributed by atoms with E-state index in [1.807, 2.05) is 11.8 Å². The molecule has 10 heteroatoms. The maximum Gasteiger partial charge on any atom is 0.315 e. The number of nitrogens with one attached hydrogen (secondary N) is 3. The molecule has 0 spiro atoms. The van der Waals surface area contributed by atoms with Crippen molar-refractivity contribution in [2.75, 3.05) is 32.1 Å². The number of nitrogens with zero attached hydrogens (tertiary/aromatic N) is 1. The van der Waals surface area contributed by atoms with Crippen molar-refractivity contribution in [2.24, 2.45) is 0 Å². The number of hydrogen-bond acceptors (Lipinski definition) is 6. The van der Waals surface area contributed by atoms with Gasteiger partial charge in [0.05, 0.1) is 31.8 Å². The third kappa shape index (κ3) is 5.48. The number of imide groups is 1. The number of ether oxygens (including phenoxy) is 1. The number of fused-ring (bicyclic) bond motifs is 1. The van der Waals surface area contributed by atoms with E-state index in [9.17, 15) is 19.2 Å². The average molecular weight is 410 g/mol. The van der Waals surface area contributed by atoms with Crippen LogP contribution in [0, 0.1) is 0 Å². The Labute approximate surface area is 168 Å². The van der Waals surface area contributed by atoms with Gasteiger partial charge in [-0.2, -0.15) is 11.8 Å². The predicted octanol–water partition coefficient (Wildman–Crippen LogP) is -0.230. The number of rotatable bonds is 11. The van der Waals surface area contributed by atoms with Crippen molar-refractivity contribution in [1.82, 2.24) is 20.9 Å². The molecule has 5 amide bonds. The highest BCUT2D eigenvalue weighted by Gasteiger charge is 2.42. The van der Waals surface area contributed by atoms with E-state index >= 15 is 0 Å². The van der Waals surface area contributed by atoms with Gasteiger partial charge in [0.15, 0.2) is 0 Å². The lowest BCUT2D eigenvalue weighted by molar-refractivity contribution is -0.137. The summed E-state index contributed by atoms with van der Waals surface area (Å²) in [6.07, 6.45) is 5.72. The van der Waals surface area contributed by atoms with Gasteiger partial charge in [-0.15, -0.1) is 0 Å². The lowest BCUT2D eigenvalue weighted by Gasteiger charge is -2.16. The largest absolute Gasteiger partial charge is 0.378 e. The third-order valence-corrected chi connectivity index (χ3v) is 6.52. The maximum absolute atomic E-state index is 11.8. The van der Waals surface area contributed by atoms with Crippen LogP contribution >= 0.6 is 11.8 Å². The summed E-state index contributed by atoms with van der Waals surface area (Å²) in [6, 6.07) is 0.381. The van der Waals surface area contributed by atoms with Gasteiger partial charge < -0.3 is 20.7 Å². The Bertz CT molecular complexity index is 638. The summed E-state index contributed by atoms with van der Waals surface area (Å²) < 4.78 is 5.35. The molecule has 2 saturated heterocycles. The third-order valence-electron chi connectivity index (χ3n) is 5.01. The Morgan fingerprint density at radius 2 is 1.96 bits per heavy atom. The zero-order valence-electron chi connectivity index (χ0n) is 15.6. The topological polar surface area (TPSA) is 117 Å². The summed E-state index contributed by atoms with van der Waals surface area (Å²) in [5.41, 5.74) is 0. The van der Waals surface area contributed by atoms with Crippen molar-refractivity contribution >= 4 is 35.5 Å². The second-order valence-corrected chi connectivity index (χ2v) is 8.26. The highest BCUT2D eigenvalue weighted by atomic mass is 32.2. The molecule has 9 nitrogen and oxygen atoms in total. The van der Waals surface area contributed by atoms with E-state index in [1.54, 1.807) is 0 Å². The number of thioether (sulfide) groups is 1. The monoisotopic (exact) mass is 410 g/mol. The molecule has 154 valence electrons. The minimum atomic E-state index is -0.319. The van der Waals surface area contributed by atoms with Gasteiger partial charge in [-0.3, -0.25) is 19.3 Å². The molecule has 0 unspecified atom stereocenters. The smallest absolute Gasteiger partial charge is 0.315 e. The van der Waals surface area contributed by atoms with Crippen molar-refractivity contribution in [3.8, 4) is 0 Å². The molecule has 3 aliphatic heterocycles. The normalized spacial score (nSPS) is 25.8. The fraction of sp³-hybridized carbons (Fsp3) is 0.667. The molecule has 3 rings (SSSR count). The van der Waals surface area contributed by atoms with Crippen molar-refractivity contribution in [1.29, 1.82) is 0 Å². The van der Waals surface area contributed by atoms with E-state index in [2.05, 4.69) is 16.0 Å². The zero-order valence-corrected chi connectivity index (χ0v) is 16.5. The molecule has 0 bridgehead atoms. The molecule has 0 radical (unpaired) electrons. The Kier molecular flexibility index (Phi) is 7.32. The van der Waals surface area contributed by atoms with E-state index in [0.29, 0.717) is 24.8 Å². The molecule has 2 fully saturated rings. The molecular formula is C18H26N4O5S. The van der Waals surface area contributed by atoms with E-state index < -0.39 is 0 Å². The van der Waals surface area contributed by atoms with Crippen LogP contribution in [0.1, 0.15) is 25.7 Å². The van der Waals surface area contributed by atoms with Gasteiger partial charge in [0.1, 0.15) is 0 Å². The first-order valence-electron chi connectivity index (χ1n) is 9.61. The van der Waals surface area contributed by atoms with Gasteiger partial charge in [0.25, 0.3) is 11.8 Å². The number of carbonyl (C=O) groups excluding carboxylic acids is 4. The predicted molar refractivity (Wildman–Crippen MR) is 104 cm³/mol. The average Bonchev–Trinajstić information content (AvgIpc) is 3.31. The van der Waals surface area contributed by atoms with E-state index in [-0.39, 0.29) is 49.0 Å². The first-order chi connectivity index (χ1) is 13.5. The van der Waals surface area contributed by atoms with Gasteiger partial charge in [-0.05, 0) is 12.8 Å². The van der Waals surface area contributed by atoms with Crippen LogP contribution in [0.4, 0.5) is 4.79 Å². The van der Waals surface area contributed by atoms with Crippen LogP contribution in [-0.2, 0) is 19.1 Å². The lowest BCUT2D eigenvalue weighted by atomic mass is 10.0. The van der Waals surface area contributed by atoms with Crippen LogP contribution in [0.2, 0.25) is 0 Å². The zero-order chi connectivity index (χ0) is 19.9. The molecule has 0 aliphatic carbocycles. The summed E-state index contributed by atoms with van der Waals surface area (Å²) in [7, 11) is 0. The summed E-state index contributed by atoms with van der Waals surface area (Å²) >= 11 is 1.88. The van der Waals surface area contributed by atoms with E-state index in [0.717, 1.165) is 29.9 Å². The number of unbranched alkanes of at least 4 members (excludes halogenated alkanes) is 1. The Balaban J connectivity index is 1.16. The molecule has 0 aromatic carbocycles. The van der Waals surface area contributed by atoms with Crippen LogP contribution in [0.3, 0.4) is 0 Å². The van der Waals surface area contributed by atoms with Gasteiger partial charge in [0.2, 0.25) is 5.91 Å². The molecule has 3 heterocycles. The standard InChI is InChI=1S/C18H26N4O5S/c23-14(19-7-9-27-10-8-22-15(24)5-6-16(22)25)4-2-1-3-13-17-12(11-28-13)20-18(26)21-17/h5-6,12-13,17H,1-4,7-11H2,(H,19,23)(H2,20,21,26)/t12-,13-,17-/m0/s1. The molecule has 3 atom stereocenters. The molecule has 28 heavy (non-hydrogen) atoms. The van der Waals surface area contributed by atoms with Crippen LogP contribution in [0.15, 0.2) is 12.2 Å². The Morgan fingerprint density at radius 1 is 1.18 bits per heavy atom. The second-order valence-electron chi connectivity index (χ2n) is 6.99. The van der Waals surface area contributed by atoms with Crippen molar-refractivity contribution in [2.45, 2.75) is 43.0 Å². The first-order valence-corrected chi connectivity index (χ1v) is 10.7. The lowest BCUT2D eigenvalue weighted by Crippen LogP contribution is -2.36. The van der Waals surface area contributed by atoms with Crippen LogP contribution in [-0.4, -0.2) is 78.0 Å². The molecule has 0 aromatic heterocycles. The Morgan fingerprint density at radius 3 is 2.75 bits per heavy atom. The second kappa shape index (κ2) is 9.92. The van der Waals surface area contributed by atoms with Crippen molar-refractivity contribution < 1.29 is 23.9 Å². The van der Waals surface area contributed by atoms with Crippen LogP contribution < -0.4 is 16.0 Å². The fourth-order valence-corrected chi connectivity index (χ4v) is 5.08. The number of urea groups is 1. The van der Waals surface area contributed by atoms with Gasteiger partial charge in [0, 0.05) is 36.1 Å². The molecular weight excluding hydrogens is 384 g/mol. The first kappa shape index (κ1) is 20.7. The minimum Gasteiger partial charge on any atom is -0.378 e. The van der Waals surface area contributed by atoms with E-state index in [4.69, 9.17) is 4.74 Å². The fourth-order valence-electron chi connectivity index (χ4n) is 3.53. The molecule has 3 N–H and O–H groups in total. The van der Waals surface area contributed by atoms with Crippen LogP contribution in [0.25, 0.3) is 0 Å². The van der Waals surface area contributed by atoms with Crippen LogP contribution in [0.5, 0.6) is 0 Å². The maximum atomic E-state index is 11.8. The highest BCUT2D eigenvalue weighted by molar-refractivity contribution is 8.00. The minimum absolute atomic E-state index is 0.00881. The number of amides is 5. The SMILES string of the molecule is O=C(CCCC[C@@H]1SC[C@@H]2NC(=O)N[C@@H]21)NCCOCCN1C(=O)C=CC1=O. The summed E-state index contributed by atoms with van der Waals surface area (Å²) in [5.74, 6) is 0.302. The summed E-state index contributed by atoms with van der Waals surface area (Å²) in [5, 5.41) is 9.13. The highest BCUT2D eigenvalue weighted by Crippen LogP contribution is 2.33. The van der Waals surface area contributed by atoms with Crippen molar-refractivity contribution in [3.05, 3.63) is 12.2 Å². The molecule has 0 saturated carbocycles.